The molecule has 0 aliphatic heterocycles. The molecule has 4 nitrogen and oxygen atoms in total. The largest absolute Gasteiger partial charge is 0.358 e. The fourth-order valence-corrected chi connectivity index (χ4v) is 5.65. The molecule has 0 unspecified atom stereocenters. The zero-order chi connectivity index (χ0) is 20.6. The van der Waals surface area contributed by atoms with Crippen LogP contribution in [-0.4, -0.2) is 21.4 Å². The first-order chi connectivity index (χ1) is 14.6. The number of halogens is 1. The lowest BCUT2D eigenvalue weighted by Gasteiger charge is -2.58. The van der Waals surface area contributed by atoms with Gasteiger partial charge in [0.15, 0.2) is 0 Å². The molecule has 0 saturated heterocycles. The second kappa shape index (κ2) is 8.29. The molecule has 2 saturated carbocycles. The highest BCUT2D eigenvalue weighted by Crippen LogP contribution is 2.56. The van der Waals surface area contributed by atoms with Crippen LogP contribution in [0.5, 0.6) is 0 Å². The van der Waals surface area contributed by atoms with Gasteiger partial charge in [0.05, 0.1) is 0 Å². The maximum atomic E-state index is 5.95. The summed E-state index contributed by atoms with van der Waals surface area (Å²) in [6.45, 7) is 3.11. The molecule has 0 radical (unpaired) electrons. The molecule has 3 aromatic rings. The molecule has 30 heavy (non-hydrogen) atoms. The van der Waals surface area contributed by atoms with E-state index in [1.165, 1.54) is 53.9 Å². The van der Waals surface area contributed by atoms with Gasteiger partial charge in [0.25, 0.3) is 0 Å². The van der Waals surface area contributed by atoms with Gasteiger partial charge in [-0.05, 0) is 61.3 Å². The summed E-state index contributed by atoms with van der Waals surface area (Å²) in [4.78, 5) is 4.68. The Morgan fingerprint density at radius 3 is 2.37 bits per heavy atom. The van der Waals surface area contributed by atoms with Crippen molar-refractivity contribution in [1.82, 2.24) is 14.7 Å². The number of aryl methyl sites for hydroxylation is 1. The second-order valence-corrected chi connectivity index (χ2v) is 10.2. The molecule has 6 heteroatoms. The molecule has 0 atom stereocenters. The van der Waals surface area contributed by atoms with Crippen molar-refractivity contribution < 1.29 is 0 Å². The van der Waals surface area contributed by atoms with Gasteiger partial charge in [-0.3, -0.25) is 0 Å². The van der Waals surface area contributed by atoms with Crippen molar-refractivity contribution in [2.75, 3.05) is 5.32 Å². The Balaban J connectivity index is 1.04. The topological polar surface area (TPSA) is 49.8 Å². The molecule has 1 heterocycles. The number of rotatable bonds is 7. The van der Waals surface area contributed by atoms with Crippen molar-refractivity contribution in [2.24, 2.45) is 5.41 Å². The van der Waals surface area contributed by atoms with Crippen LogP contribution >= 0.6 is 23.1 Å². The van der Waals surface area contributed by atoms with Crippen LogP contribution in [0.25, 0.3) is 0 Å². The molecule has 0 amide bonds. The molecule has 5 rings (SSSR count). The summed E-state index contributed by atoms with van der Waals surface area (Å²) in [5.41, 5.74) is 4.44. The summed E-state index contributed by atoms with van der Waals surface area (Å²) < 4.78 is 4.51. The van der Waals surface area contributed by atoms with Gasteiger partial charge in [-0.25, -0.2) is 4.98 Å². The summed E-state index contributed by atoms with van der Waals surface area (Å²) in [6, 6.07) is 17.9. The third-order valence-corrected chi connectivity index (χ3v) is 7.44. The van der Waals surface area contributed by atoms with Crippen LogP contribution in [0.4, 0.5) is 5.13 Å². The van der Waals surface area contributed by atoms with Crippen LogP contribution in [0.2, 0.25) is 5.02 Å². The molecule has 2 aliphatic rings. The van der Waals surface area contributed by atoms with Gasteiger partial charge in [-0.2, -0.15) is 4.37 Å². The first-order valence-corrected chi connectivity index (χ1v) is 11.8. The minimum Gasteiger partial charge on any atom is -0.358 e. The quantitative estimate of drug-likeness (QED) is 0.503. The number of nitrogens with one attached hydrogen (secondary N) is 2. The number of benzene rings is 2. The van der Waals surface area contributed by atoms with Gasteiger partial charge in [0, 0.05) is 41.6 Å². The highest BCUT2D eigenvalue weighted by Gasteiger charge is 2.52. The van der Waals surface area contributed by atoms with Gasteiger partial charge >= 0.3 is 0 Å². The first-order valence-electron chi connectivity index (χ1n) is 10.7. The molecule has 2 N–H and O–H groups in total. The summed E-state index contributed by atoms with van der Waals surface area (Å²) in [7, 11) is 0. The first kappa shape index (κ1) is 20.0. The van der Waals surface area contributed by atoms with Crippen LogP contribution in [0.15, 0.2) is 48.5 Å². The van der Waals surface area contributed by atoms with Crippen molar-refractivity contribution in [3.05, 3.63) is 76.1 Å². The standard InChI is InChI=1S/C24H27ClN4S/c1-16-2-4-18(5-3-16)15-26-20-11-24(12-20)13-21(14-24)27-23-28-22(29-30-23)10-17-6-8-19(25)9-7-17/h2-9,20-21,26H,10-15H2,1H3,(H,27,28,29). The highest BCUT2D eigenvalue weighted by atomic mass is 35.5. The summed E-state index contributed by atoms with van der Waals surface area (Å²) in [5.74, 6) is 0.878. The van der Waals surface area contributed by atoms with Crippen LogP contribution in [-0.2, 0) is 13.0 Å². The molecule has 1 spiro atoms. The van der Waals surface area contributed by atoms with E-state index in [4.69, 9.17) is 11.6 Å². The molecule has 156 valence electrons. The van der Waals surface area contributed by atoms with Gasteiger partial charge in [-0.15, -0.1) is 0 Å². The van der Waals surface area contributed by atoms with Crippen molar-refractivity contribution in [3.8, 4) is 0 Å². The Morgan fingerprint density at radius 1 is 0.967 bits per heavy atom. The number of hydrogen-bond donors (Lipinski definition) is 2. The lowest BCUT2D eigenvalue weighted by Crippen LogP contribution is -2.58. The Morgan fingerprint density at radius 2 is 1.63 bits per heavy atom. The minimum absolute atomic E-state index is 0.541. The van der Waals surface area contributed by atoms with E-state index < -0.39 is 0 Å². The van der Waals surface area contributed by atoms with E-state index in [0.29, 0.717) is 17.5 Å². The van der Waals surface area contributed by atoms with Crippen molar-refractivity contribution in [2.45, 2.75) is 57.7 Å². The smallest absolute Gasteiger partial charge is 0.202 e. The fraction of sp³-hybridized carbons (Fsp3) is 0.417. The Labute approximate surface area is 187 Å². The number of nitrogens with zero attached hydrogens (tertiary/aromatic N) is 2. The summed E-state index contributed by atoms with van der Waals surface area (Å²) in [5, 5.41) is 9.03. The van der Waals surface area contributed by atoms with Gasteiger partial charge in [0.1, 0.15) is 5.82 Å². The maximum absolute atomic E-state index is 5.95. The van der Waals surface area contributed by atoms with Crippen molar-refractivity contribution in [1.29, 1.82) is 0 Å². The van der Waals surface area contributed by atoms with E-state index in [0.717, 1.165) is 28.9 Å². The molecule has 2 fully saturated rings. The zero-order valence-electron chi connectivity index (χ0n) is 17.2. The molecular formula is C24H27ClN4S. The van der Waals surface area contributed by atoms with Gasteiger partial charge < -0.3 is 10.6 Å². The number of aromatic nitrogens is 2. The Hall–Kier alpha value is -1.95. The van der Waals surface area contributed by atoms with Crippen LogP contribution < -0.4 is 10.6 Å². The molecule has 2 aromatic carbocycles. The minimum atomic E-state index is 0.541. The number of anilines is 1. The Kier molecular flexibility index (Phi) is 5.52. The summed E-state index contributed by atoms with van der Waals surface area (Å²) >= 11 is 7.43. The predicted octanol–water partition coefficient (Wildman–Crippen LogP) is 5.60. The molecule has 2 aliphatic carbocycles. The summed E-state index contributed by atoms with van der Waals surface area (Å²) in [6.07, 6.45) is 5.85. The average molecular weight is 439 g/mol. The normalized spacial score (nSPS) is 25.0. The van der Waals surface area contributed by atoms with Gasteiger partial charge in [0.2, 0.25) is 5.13 Å². The lowest BCUT2D eigenvalue weighted by molar-refractivity contribution is -0.0125. The fourth-order valence-electron chi connectivity index (χ4n) is 4.86. The van der Waals surface area contributed by atoms with Crippen LogP contribution in [0.1, 0.15) is 48.2 Å². The SMILES string of the molecule is Cc1ccc(CNC2CC3(C2)CC(Nc2nc(Cc4ccc(Cl)cc4)ns2)C3)cc1. The van der Waals surface area contributed by atoms with E-state index in [2.05, 4.69) is 51.2 Å². The van der Waals surface area contributed by atoms with Crippen molar-refractivity contribution in [3.63, 3.8) is 0 Å². The monoisotopic (exact) mass is 438 g/mol. The van der Waals surface area contributed by atoms with Crippen LogP contribution in [0, 0.1) is 12.3 Å². The van der Waals surface area contributed by atoms with E-state index >= 15 is 0 Å². The molecule has 1 aromatic heterocycles. The van der Waals surface area contributed by atoms with E-state index in [9.17, 15) is 0 Å². The van der Waals surface area contributed by atoms with E-state index in [1.54, 1.807) is 0 Å². The lowest BCUT2D eigenvalue weighted by atomic mass is 9.52. The van der Waals surface area contributed by atoms with Crippen LogP contribution in [0.3, 0.4) is 0 Å². The van der Waals surface area contributed by atoms with Crippen molar-refractivity contribution >= 4 is 28.3 Å². The third-order valence-electron chi connectivity index (χ3n) is 6.50. The predicted molar refractivity (Wildman–Crippen MR) is 124 cm³/mol. The average Bonchev–Trinajstić information content (AvgIpc) is 3.12. The Bertz CT molecular complexity index is 985. The van der Waals surface area contributed by atoms with Gasteiger partial charge in [-0.1, -0.05) is 53.6 Å². The highest BCUT2D eigenvalue weighted by molar-refractivity contribution is 7.09. The zero-order valence-corrected chi connectivity index (χ0v) is 18.8. The van der Waals surface area contributed by atoms with E-state index in [1.807, 2.05) is 24.3 Å². The number of hydrogen-bond acceptors (Lipinski definition) is 5. The second-order valence-electron chi connectivity index (χ2n) is 9.04. The third kappa shape index (κ3) is 4.53. The maximum Gasteiger partial charge on any atom is 0.202 e. The molecule has 0 bridgehead atoms. The van der Waals surface area contributed by atoms with E-state index in [-0.39, 0.29) is 0 Å². The molecular weight excluding hydrogens is 412 g/mol.